The first-order chi connectivity index (χ1) is 15.9. The topological polar surface area (TPSA) is 84.5 Å². The Bertz CT molecular complexity index is 1170. The quantitative estimate of drug-likeness (QED) is 0.455. The van der Waals surface area contributed by atoms with Crippen molar-refractivity contribution in [1.82, 2.24) is 5.32 Å². The molecule has 6 nitrogen and oxygen atoms in total. The van der Waals surface area contributed by atoms with Crippen molar-refractivity contribution in [2.24, 2.45) is 0 Å². The molecule has 3 aromatic rings. The van der Waals surface area contributed by atoms with Crippen molar-refractivity contribution in [2.75, 3.05) is 12.4 Å². The summed E-state index contributed by atoms with van der Waals surface area (Å²) in [5.74, 6) is -0.780. The predicted octanol–water partition coefficient (Wildman–Crippen LogP) is 4.72. The molecule has 1 fully saturated rings. The van der Waals surface area contributed by atoms with Crippen LogP contribution >= 0.6 is 22.9 Å². The third-order valence-corrected chi connectivity index (χ3v) is 6.67. The van der Waals surface area contributed by atoms with E-state index >= 15 is 0 Å². The number of halogens is 1. The van der Waals surface area contributed by atoms with Crippen LogP contribution in [0.1, 0.15) is 39.9 Å². The summed E-state index contributed by atoms with van der Waals surface area (Å²) in [5, 5.41) is 10.3. The van der Waals surface area contributed by atoms with Crippen molar-refractivity contribution in [3.8, 4) is 0 Å². The van der Waals surface area contributed by atoms with E-state index in [1.165, 1.54) is 18.4 Å². The second-order valence-corrected chi connectivity index (χ2v) is 9.25. The lowest BCUT2D eigenvalue weighted by Gasteiger charge is -2.17. The number of benzene rings is 2. The second kappa shape index (κ2) is 9.77. The minimum absolute atomic E-state index is 0.123. The highest BCUT2D eigenvalue weighted by molar-refractivity contribution is 7.08. The lowest BCUT2D eigenvalue weighted by molar-refractivity contribution is -0.120. The fourth-order valence-corrected chi connectivity index (χ4v) is 4.53. The Hall–Kier alpha value is -3.16. The van der Waals surface area contributed by atoms with E-state index in [1.807, 2.05) is 29.0 Å². The molecule has 0 unspecified atom stereocenters. The summed E-state index contributed by atoms with van der Waals surface area (Å²) in [4.78, 5) is 37.6. The predicted molar refractivity (Wildman–Crippen MR) is 129 cm³/mol. The molecule has 2 amide bonds. The van der Waals surface area contributed by atoms with Crippen molar-refractivity contribution in [3.05, 3.63) is 86.6 Å². The third-order valence-electron chi connectivity index (χ3n) is 5.69. The van der Waals surface area contributed by atoms with E-state index in [4.69, 9.17) is 16.3 Å². The number of hydrogen-bond donors (Lipinski definition) is 2. The smallest absolute Gasteiger partial charge is 0.337 e. The van der Waals surface area contributed by atoms with E-state index in [0.717, 1.165) is 24.0 Å². The number of anilines is 1. The fourth-order valence-electron chi connectivity index (χ4n) is 3.74. The van der Waals surface area contributed by atoms with Crippen LogP contribution in [0.2, 0.25) is 5.02 Å². The zero-order chi connectivity index (χ0) is 23.4. The first kappa shape index (κ1) is 23.0. The maximum absolute atomic E-state index is 13.2. The number of nitrogens with one attached hydrogen (secondary N) is 2. The summed E-state index contributed by atoms with van der Waals surface area (Å²) in [6, 6.07) is 14.2. The Kier molecular flexibility index (Phi) is 6.81. The Balaban J connectivity index is 1.50. The molecule has 1 aliphatic carbocycles. The van der Waals surface area contributed by atoms with Crippen molar-refractivity contribution in [2.45, 2.75) is 31.2 Å². The average Bonchev–Trinajstić information content (AvgIpc) is 3.47. The molecule has 170 valence electrons. The summed E-state index contributed by atoms with van der Waals surface area (Å²) < 4.78 is 4.86. The molecule has 0 spiro atoms. The number of carbonyl (C=O) groups excluding carboxylic acids is 3. The summed E-state index contributed by atoms with van der Waals surface area (Å²) in [6.45, 7) is 0.221. The molecule has 4 rings (SSSR count). The lowest BCUT2D eigenvalue weighted by Crippen LogP contribution is -2.28. The maximum atomic E-state index is 13.2. The van der Waals surface area contributed by atoms with E-state index in [1.54, 1.807) is 30.3 Å². The van der Waals surface area contributed by atoms with Crippen LogP contribution in [0.5, 0.6) is 0 Å². The van der Waals surface area contributed by atoms with Gasteiger partial charge in [0.05, 0.1) is 24.5 Å². The zero-order valence-corrected chi connectivity index (χ0v) is 19.6. The standard InChI is InChI=1S/C25H23ClN2O4S/c1-32-23(30)18-10-17(14-27-22(29)12-16-6-9-33-15-16)11-21(13-18)28-24(31)25(7-8-25)19-2-4-20(26)5-3-19/h2-6,9-11,13,15H,7-8,12,14H2,1H3,(H,27,29)(H,28,31). The Labute approximate surface area is 200 Å². The minimum atomic E-state index is -0.596. The summed E-state index contributed by atoms with van der Waals surface area (Å²) in [7, 11) is 1.30. The Morgan fingerprint density at radius 1 is 1.06 bits per heavy atom. The highest BCUT2D eigenvalue weighted by Crippen LogP contribution is 2.49. The molecule has 2 N–H and O–H groups in total. The van der Waals surface area contributed by atoms with Gasteiger partial charge in [0.15, 0.2) is 0 Å². The molecule has 0 radical (unpaired) electrons. The number of thiophene rings is 1. The second-order valence-electron chi connectivity index (χ2n) is 8.04. The Morgan fingerprint density at radius 2 is 1.82 bits per heavy atom. The molecule has 8 heteroatoms. The van der Waals surface area contributed by atoms with Gasteiger partial charge in [0, 0.05) is 17.3 Å². The van der Waals surface area contributed by atoms with Crippen LogP contribution in [0.25, 0.3) is 0 Å². The average molecular weight is 483 g/mol. The van der Waals surface area contributed by atoms with Crippen LogP contribution in [0, 0.1) is 0 Å². The summed E-state index contributed by atoms with van der Waals surface area (Å²) in [5.41, 5.74) is 2.73. The van der Waals surface area contributed by atoms with Crippen LogP contribution < -0.4 is 10.6 Å². The largest absolute Gasteiger partial charge is 0.465 e. The van der Waals surface area contributed by atoms with E-state index in [0.29, 0.717) is 21.8 Å². The van der Waals surface area contributed by atoms with Gasteiger partial charge in [0.1, 0.15) is 0 Å². The molecule has 1 aliphatic rings. The van der Waals surface area contributed by atoms with Gasteiger partial charge in [-0.05, 0) is 76.7 Å². The van der Waals surface area contributed by atoms with E-state index in [9.17, 15) is 14.4 Å². The van der Waals surface area contributed by atoms with Crippen LogP contribution in [0.15, 0.2) is 59.3 Å². The number of amides is 2. The first-order valence-corrected chi connectivity index (χ1v) is 11.8. The van der Waals surface area contributed by atoms with Gasteiger partial charge >= 0.3 is 5.97 Å². The Morgan fingerprint density at radius 3 is 2.45 bits per heavy atom. The van der Waals surface area contributed by atoms with E-state index in [-0.39, 0.29) is 24.8 Å². The van der Waals surface area contributed by atoms with Gasteiger partial charge in [0.2, 0.25) is 11.8 Å². The summed E-state index contributed by atoms with van der Waals surface area (Å²) in [6.07, 6.45) is 1.76. The minimum Gasteiger partial charge on any atom is -0.465 e. The molecule has 1 aromatic heterocycles. The van der Waals surface area contributed by atoms with Crippen molar-refractivity contribution in [1.29, 1.82) is 0 Å². The van der Waals surface area contributed by atoms with Gasteiger partial charge < -0.3 is 15.4 Å². The maximum Gasteiger partial charge on any atom is 0.337 e. The molecule has 33 heavy (non-hydrogen) atoms. The molecule has 0 saturated heterocycles. The van der Waals surface area contributed by atoms with Gasteiger partial charge in [0.25, 0.3) is 0 Å². The zero-order valence-electron chi connectivity index (χ0n) is 18.0. The van der Waals surface area contributed by atoms with Crippen LogP contribution in [-0.2, 0) is 32.7 Å². The van der Waals surface area contributed by atoms with Crippen molar-refractivity contribution < 1.29 is 19.1 Å². The summed E-state index contributed by atoms with van der Waals surface area (Å²) >= 11 is 7.53. The highest BCUT2D eigenvalue weighted by Gasteiger charge is 2.51. The molecule has 0 atom stereocenters. The molecular weight excluding hydrogens is 460 g/mol. The molecule has 1 heterocycles. The van der Waals surface area contributed by atoms with E-state index < -0.39 is 11.4 Å². The van der Waals surface area contributed by atoms with Crippen LogP contribution in [-0.4, -0.2) is 24.9 Å². The molecule has 0 aliphatic heterocycles. The number of carbonyl (C=O) groups is 3. The number of ether oxygens (including phenoxy) is 1. The molecule has 0 bridgehead atoms. The van der Waals surface area contributed by atoms with E-state index in [2.05, 4.69) is 10.6 Å². The van der Waals surface area contributed by atoms with Crippen LogP contribution in [0.4, 0.5) is 5.69 Å². The van der Waals surface area contributed by atoms with Gasteiger partial charge in [-0.3, -0.25) is 9.59 Å². The van der Waals surface area contributed by atoms with Gasteiger partial charge in [-0.1, -0.05) is 23.7 Å². The van der Waals surface area contributed by atoms with Crippen molar-refractivity contribution in [3.63, 3.8) is 0 Å². The SMILES string of the molecule is COC(=O)c1cc(CNC(=O)Cc2ccsc2)cc(NC(=O)C2(c3ccc(Cl)cc3)CC2)c1. The number of esters is 1. The number of rotatable bonds is 8. The molecular formula is C25H23ClN2O4S. The van der Waals surface area contributed by atoms with Gasteiger partial charge in [-0.25, -0.2) is 4.79 Å². The van der Waals surface area contributed by atoms with Gasteiger partial charge in [-0.2, -0.15) is 11.3 Å². The monoisotopic (exact) mass is 482 g/mol. The van der Waals surface area contributed by atoms with Crippen molar-refractivity contribution >= 4 is 46.4 Å². The van der Waals surface area contributed by atoms with Gasteiger partial charge in [-0.15, -0.1) is 0 Å². The normalized spacial score (nSPS) is 13.8. The third kappa shape index (κ3) is 5.43. The first-order valence-electron chi connectivity index (χ1n) is 10.5. The molecule has 1 saturated carbocycles. The number of methoxy groups -OCH3 is 1. The highest BCUT2D eigenvalue weighted by atomic mass is 35.5. The lowest BCUT2D eigenvalue weighted by atomic mass is 9.95. The number of hydrogen-bond acceptors (Lipinski definition) is 5. The molecule has 2 aromatic carbocycles. The fraction of sp³-hybridized carbons (Fsp3) is 0.240. The van der Waals surface area contributed by atoms with Crippen LogP contribution in [0.3, 0.4) is 0 Å².